The lowest BCUT2D eigenvalue weighted by atomic mass is 9.75. The van der Waals surface area contributed by atoms with Gasteiger partial charge in [-0.25, -0.2) is 0 Å². The largest absolute Gasteiger partial charge is 0.480 e. The first-order chi connectivity index (χ1) is 18.8. The highest BCUT2D eigenvalue weighted by Gasteiger charge is 2.46. The van der Waals surface area contributed by atoms with Gasteiger partial charge in [-0.1, -0.05) is 61.4 Å². The van der Waals surface area contributed by atoms with Crippen molar-refractivity contribution in [3.63, 3.8) is 0 Å². The van der Waals surface area contributed by atoms with Crippen LogP contribution in [0.4, 0.5) is 5.69 Å². The van der Waals surface area contributed by atoms with Crippen molar-refractivity contribution in [1.29, 1.82) is 0 Å². The van der Waals surface area contributed by atoms with Crippen LogP contribution in [0.3, 0.4) is 0 Å². The molecule has 1 aliphatic carbocycles. The molecule has 1 fully saturated rings. The van der Waals surface area contributed by atoms with Crippen LogP contribution in [-0.2, 0) is 36.8 Å². The Hall–Kier alpha value is -3.68. The molecule has 4 rings (SSSR count). The Kier molecular flexibility index (Phi) is 9.38. The third kappa shape index (κ3) is 6.85. The van der Waals surface area contributed by atoms with Crippen LogP contribution in [-0.4, -0.2) is 48.1 Å². The number of rotatable bonds is 11. The summed E-state index contributed by atoms with van der Waals surface area (Å²) in [5, 5.41) is 12.5. The Morgan fingerprint density at radius 1 is 1.08 bits per heavy atom. The predicted molar refractivity (Wildman–Crippen MR) is 147 cm³/mol. The van der Waals surface area contributed by atoms with Crippen molar-refractivity contribution in [1.82, 2.24) is 5.32 Å². The highest BCUT2D eigenvalue weighted by molar-refractivity contribution is 6.03. The summed E-state index contributed by atoms with van der Waals surface area (Å²) >= 11 is 0. The van der Waals surface area contributed by atoms with Gasteiger partial charge in [-0.3, -0.25) is 24.1 Å². The third-order valence-corrected chi connectivity index (χ3v) is 8.07. The van der Waals surface area contributed by atoms with Gasteiger partial charge in [0.2, 0.25) is 11.8 Å². The molecule has 0 bridgehead atoms. The molecule has 0 spiro atoms. The van der Waals surface area contributed by atoms with Crippen molar-refractivity contribution >= 4 is 29.4 Å². The SMILES string of the molecule is CCOC(=O)C(CCc1ccccc1)CC1(C(=O)NC2CCc3ccccc3N(CC(=O)O)C2=O)CCCC1. The maximum atomic E-state index is 13.9. The zero-order valence-electron chi connectivity index (χ0n) is 22.6. The van der Waals surface area contributed by atoms with Crippen LogP contribution in [0.2, 0.25) is 0 Å². The maximum absolute atomic E-state index is 13.9. The second kappa shape index (κ2) is 12.9. The Labute approximate surface area is 229 Å². The van der Waals surface area contributed by atoms with Crippen LogP contribution in [0.25, 0.3) is 0 Å². The van der Waals surface area contributed by atoms with Gasteiger partial charge < -0.3 is 15.2 Å². The van der Waals surface area contributed by atoms with E-state index in [0.717, 1.165) is 24.0 Å². The van der Waals surface area contributed by atoms with Gasteiger partial charge in [-0.2, -0.15) is 0 Å². The standard InChI is InChI=1S/C31H38N2O6/c1-2-39-29(37)24(15-14-22-10-4-3-5-11-22)20-31(18-8-9-19-31)30(38)32-25-17-16-23-12-6-7-13-26(23)33(28(25)36)21-27(34)35/h3-7,10-13,24-25H,2,8-9,14-21H2,1H3,(H,32,38)(H,34,35). The van der Waals surface area contributed by atoms with Gasteiger partial charge in [0.15, 0.2) is 0 Å². The summed E-state index contributed by atoms with van der Waals surface area (Å²) in [6.45, 7) is 1.58. The number of carboxylic acid groups (broad SMARTS) is 1. The first kappa shape index (κ1) is 28.3. The number of benzene rings is 2. The summed E-state index contributed by atoms with van der Waals surface area (Å²) in [5.41, 5.74) is 1.80. The van der Waals surface area contributed by atoms with Crippen LogP contribution in [0.1, 0.15) is 63.0 Å². The van der Waals surface area contributed by atoms with E-state index < -0.39 is 35.8 Å². The van der Waals surface area contributed by atoms with Crippen molar-refractivity contribution < 1.29 is 29.0 Å². The average molecular weight is 535 g/mol. The van der Waals surface area contributed by atoms with Crippen molar-refractivity contribution in [2.75, 3.05) is 18.1 Å². The summed E-state index contributed by atoms with van der Waals surface area (Å²) < 4.78 is 5.41. The zero-order chi connectivity index (χ0) is 27.8. The maximum Gasteiger partial charge on any atom is 0.323 e. The molecule has 2 aromatic rings. The summed E-state index contributed by atoms with van der Waals surface area (Å²) in [6, 6.07) is 16.4. The molecule has 2 amide bonds. The van der Waals surface area contributed by atoms with E-state index in [4.69, 9.17) is 4.74 Å². The molecule has 1 aliphatic heterocycles. The topological polar surface area (TPSA) is 113 Å². The van der Waals surface area contributed by atoms with Crippen LogP contribution < -0.4 is 10.2 Å². The lowest BCUT2D eigenvalue weighted by molar-refractivity contribution is -0.150. The van der Waals surface area contributed by atoms with Crippen LogP contribution in [0, 0.1) is 11.3 Å². The van der Waals surface area contributed by atoms with Crippen LogP contribution >= 0.6 is 0 Å². The molecule has 0 radical (unpaired) electrons. The number of ether oxygens (including phenoxy) is 1. The lowest BCUT2D eigenvalue weighted by Gasteiger charge is -2.33. The predicted octanol–water partition coefficient (Wildman–Crippen LogP) is 4.30. The van der Waals surface area contributed by atoms with E-state index in [1.807, 2.05) is 42.5 Å². The number of amides is 2. The van der Waals surface area contributed by atoms with E-state index in [1.165, 1.54) is 4.90 Å². The van der Waals surface area contributed by atoms with Gasteiger partial charge in [0.05, 0.1) is 17.9 Å². The average Bonchev–Trinajstić information content (AvgIpc) is 3.38. The fourth-order valence-corrected chi connectivity index (χ4v) is 6.06. The number of para-hydroxylation sites is 1. The number of carboxylic acids is 1. The highest BCUT2D eigenvalue weighted by Crippen LogP contribution is 2.45. The number of nitrogens with zero attached hydrogens (tertiary/aromatic N) is 1. The molecular formula is C31H38N2O6. The normalized spacial score (nSPS) is 19.1. The summed E-state index contributed by atoms with van der Waals surface area (Å²) in [7, 11) is 0. The molecule has 2 unspecified atom stereocenters. The van der Waals surface area contributed by atoms with Gasteiger partial charge in [-0.05, 0) is 69.1 Å². The number of nitrogens with one attached hydrogen (secondary N) is 1. The molecular weight excluding hydrogens is 496 g/mol. The minimum Gasteiger partial charge on any atom is -0.480 e. The van der Waals surface area contributed by atoms with Gasteiger partial charge in [0, 0.05) is 5.69 Å². The van der Waals surface area contributed by atoms with Crippen molar-refractivity contribution in [3.05, 3.63) is 65.7 Å². The second-order valence-corrected chi connectivity index (χ2v) is 10.7. The Morgan fingerprint density at radius 3 is 2.46 bits per heavy atom. The number of esters is 1. The minimum absolute atomic E-state index is 0.228. The Bertz CT molecular complexity index is 1170. The molecule has 39 heavy (non-hydrogen) atoms. The molecule has 2 aromatic carbocycles. The van der Waals surface area contributed by atoms with Gasteiger partial charge in [0.1, 0.15) is 12.6 Å². The number of fused-ring (bicyclic) bond motifs is 1. The van der Waals surface area contributed by atoms with E-state index >= 15 is 0 Å². The van der Waals surface area contributed by atoms with E-state index in [1.54, 1.807) is 19.1 Å². The second-order valence-electron chi connectivity index (χ2n) is 10.7. The number of aliphatic carboxylic acids is 1. The van der Waals surface area contributed by atoms with Crippen LogP contribution in [0.15, 0.2) is 54.6 Å². The third-order valence-electron chi connectivity index (χ3n) is 8.07. The zero-order valence-corrected chi connectivity index (χ0v) is 22.6. The number of hydrogen-bond donors (Lipinski definition) is 2. The van der Waals surface area contributed by atoms with E-state index in [9.17, 15) is 24.3 Å². The van der Waals surface area contributed by atoms with Gasteiger partial charge in [-0.15, -0.1) is 0 Å². The van der Waals surface area contributed by atoms with Crippen LogP contribution in [0.5, 0.6) is 0 Å². The van der Waals surface area contributed by atoms with Crippen molar-refractivity contribution in [2.24, 2.45) is 11.3 Å². The van der Waals surface area contributed by atoms with Crippen molar-refractivity contribution in [3.8, 4) is 0 Å². The number of anilines is 1. The first-order valence-electron chi connectivity index (χ1n) is 14.0. The summed E-state index contributed by atoms with van der Waals surface area (Å²) in [6.07, 6.45) is 5.58. The van der Waals surface area contributed by atoms with Crippen molar-refractivity contribution in [2.45, 2.75) is 70.8 Å². The quantitative estimate of drug-likeness (QED) is 0.416. The molecule has 2 N–H and O–H groups in total. The molecule has 1 heterocycles. The monoisotopic (exact) mass is 534 g/mol. The molecule has 1 saturated carbocycles. The molecule has 0 saturated heterocycles. The number of aryl methyl sites for hydroxylation is 2. The van der Waals surface area contributed by atoms with Gasteiger partial charge in [0.25, 0.3) is 0 Å². The number of carbonyl (C=O) groups excluding carboxylic acids is 3. The molecule has 8 heteroatoms. The molecule has 8 nitrogen and oxygen atoms in total. The lowest BCUT2D eigenvalue weighted by Crippen LogP contribution is -2.53. The first-order valence-corrected chi connectivity index (χ1v) is 14.0. The summed E-state index contributed by atoms with van der Waals surface area (Å²) in [4.78, 5) is 53.4. The Morgan fingerprint density at radius 2 is 1.77 bits per heavy atom. The molecule has 2 aliphatic rings. The van der Waals surface area contributed by atoms with E-state index in [2.05, 4.69) is 5.32 Å². The molecule has 208 valence electrons. The highest BCUT2D eigenvalue weighted by atomic mass is 16.5. The van der Waals surface area contributed by atoms with E-state index in [0.29, 0.717) is 50.6 Å². The fourth-order valence-electron chi connectivity index (χ4n) is 6.06. The number of carbonyl (C=O) groups is 4. The number of hydrogen-bond acceptors (Lipinski definition) is 5. The Balaban J connectivity index is 1.53. The minimum atomic E-state index is -1.12. The summed E-state index contributed by atoms with van der Waals surface area (Å²) in [5.74, 6) is -2.50. The molecule has 0 aromatic heterocycles. The van der Waals surface area contributed by atoms with E-state index in [-0.39, 0.29) is 18.5 Å². The van der Waals surface area contributed by atoms with Gasteiger partial charge >= 0.3 is 11.9 Å². The smallest absolute Gasteiger partial charge is 0.323 e. The molecule has 2 atom stereocenters. The fraction of sp³-hybridized carbons (Fsp3) is 0.484.